The minimum atomic E-state index is -0.00364. The van der Waals surface area contributed by atoms with Gasteiger partial charge in [-0.1, -0.05) is 13.8 Å². The van der Waals surface area contributed by atoms with E-state index in [1.807, 2.05) is 19.9 Å². The second-order valence-electron chi connectivity index (χ2n) is 4.14. The van der Waals surface area contributed by atoms with Crippen molar-refractivity contribution in [3.8, 4) is 0 Å². The van der Waals surface area contributed by atoms with Crippen molar-refractivity contribution in [3.63, 3.8) is 0 Å². The molecule has 0 saturated carbocycles. The van der Waals surface area contributed by atoms with E-state index in [2.05, 4.69) is 4.90 Å². The second kappa shape index (κ2) is 6.94. The highest BCUT2D eigenvalue weighted by Gasteiger charge is 2.16. The van der Waals surface area contributed by atoms with Gasteiger partial charge in [-0.15, -0.1) is 0 Å². The van der Waals surface area contributed by atoms with Gasteiger partial charge in [-0.05, 0) is 38.0 Å². The molecule has 0 amide bonds. The number of ketones is 1. The molecule has 1 saturated heterocycles. The first-order chi connectivity index (χ1) is 8.72. The molecule has 0 aromatic heterocycles. The Morgan fingerprint density at radius 2 is 1.83 bits per heavy atom. The monoisotopic (exact) mass is 247 g/mol. The highest BCUT2D eigenvalue weighted by atomic mass is 16.1. The zero-order valence-electron chi connectivity index (χ0n) is 11.4. The van der Waals surface area contributed by atoms with Crippen LogP contribution in [0.1, 0.15) is 54.3 Å². The van der Waals surface area contributed by atoms with E-state index in [4.69, 9.17) is 0 Å². The maximum atomic E-state index is 11.2. The van der Waals surface area contributed by atoms with E-state index in [1.54, 1.807) is 12.1 Å². The van der Waals surface area contributed by atoms with Crippen molar-refractivity contribution in [1.82, 2.24) is 0 Å². The van der Waals surface area contributed by atoms with Crippen LogP contribution in [0, 0.1) is 0 Å². The Balaban J connectivity index is 0.000000771. The number of Topliss-reactive ketones (excluding diaryl/α,β-unsaturated/α-hetero) is 1. The van der Waals surface area contributed by atoms with Crippen molar-refractivity contribution in [2.75, 3.05) is 18.0 Å². The van der Waals surface area contributed by atoms with Crippen LogP contribution in [-0.2, 0) is 0 Å². The topological polar surface area (TPSA) is 37.4 Å². The largest absolute Gasteiger partial charge is 0.371 e. The summed E-state index contributed by atoms with van der Waals surface area (Å²) >= 11 is 0. The van der Waals surface area contributed by atoms with Gasteiger partial charge < -0.3 is 4.90 Å². The lowest BCUT2D eigenvalue weighted by Gasteiger charge is -2.19. The number of anilines is 1. The van der Waals surface area contributed by atoms with Crippen molar-refractivity contribution in [2.24, 2.45) is 0 Å². The summed E-state index contributed by atoms with van der Waals surface area (Å²) in [4.78, 5) is 24.4. The number of hydrogen-bond donors (Lipinski definition) is 0. The lowest BCUT2D eigenvalue weighted by atomic mass is 10.1. The highest BCUT2D eigenvalue weighted by molar-refractivity contribution is 5.97. The number of rotatable bonds is 3. The molecule has 1 aliphatic rings. The molecule has 1 fully saturated rings. The van der Waals surface area contributed by atoms with Crippen molar-refractivity contribution in [2.45, 2.75) is 33.6 Å². The number of aldehydes is 1. The third-order valence-electron chi connectivity index (χ3n) is 3.01. The van der Waals surface area contributed by atoms with Gasteiger partial charge in [-0.3, -0.25) is 9.59 Å². The Hall–Kier alpha value is -1.64. The van der Waals surface area contributed by atoms with Crippen LogP contribution in [0.15, 0.2) is 18.2 Å². The fourth-order valence-electron chi connectivity index (χ4n) is 2.11. The quantitative estimate of drug-likeness (QED) is 0.607. The molecule has 0 aliphatic carbocycles. The smallest absolute Gasteiger partial charge is 0.159 e. The van der Waals surface area contributed by atoms with Gasteiger partial charge in [0.05, 0.1) is 0 Å². The lowest BCUT2D eigenvalue weighted by Crippen LogP contribution is -2.19. The molecule has 0 unspecified atom stereocenters. The molecule has 1 aromatic carbocycles. The molecular formula is C15H21NO2. The lowest BCUT2D eigenvalue weighted by molar-refractivity contribution is 0.101. The maximum Gasteiger partial charge on any atom is 0.159 e. The second-order valence-corrected chi connectivity index (χ2v) is 4.14. The van der Waals surface area contributed by atoms with Crippen LogP contribution in [0.2, 0.25) is 0 Å². The van der Waals surface area contributed by atoms with E-state index in [1.165, 1.54) is 19.8 Å². The van der Waals surface area contributed by atoms with Gasteiger partial charge >= 0.3 is 0 Å². The predicted molar refractivity (Wildman–Crippen MR) is 74.6 cm³/mol. The summed E-state index contributed by atoms with van der Waals surface area (Å²) in [6.07, 6.45) is 3.18. The van der Waals surface area contributed by atoms with Crippen LogP contribution in [0.25, 0.3) is 0 Å². The summed E-state index contributed by atoms with van der Waals surface area (Å²) in [5, 5.41) is 0. The molecular weight excluding hydrogens is 226 g/mol. The van der Waals surface area contributed by atoms with Crippen LogP contribution in [0.3, 0.4) is 0 Å². The van der Waals surface area contributed by atoms with Crippen LogP contribution in [0.4, 0.5) is 5.69 Å². The molecule has 18 heavy (non-hydrogen) atoms. The first kappa shape index (κ1) is 14.4. The summed E-state index contributed by atoms with van der Waals surface area (Å²) in [5.41, 5.74) is 2.18. The summed E-state index contributed by atoms with van der Waals surface area (Å²) < 4.78 is 0. The molecule has 1 heterocycles. The van der Waals surface area contributed by atoms with E-state index in [0.717, 1.165) is 25.1 Å². The number of carbonyl (C=O) groups excluding carboxylic acids is 2. The summed E-state index contributed by atoms with van der Waals surface area (Å²) in [6.45, 7) is 7.51. The van der Waals surface area contributed by atoms with E-state index in [-0.39, 0.29) is 5.78 Å². The Morgan fingerprint density at radius 3 is 2.33 bits per heavy atom. The first-order valence-corrected chi connectivity index (χ1v) is 6.57. The number of benzene rings is 1. The first-order valence-electron chi connectivity index (χ1n) is 6.57. The normalized spacial score (nSPS) is 13.8. The van der Waals surface area contributed by atoms with Crippen LogP contribution in [0.5, 0.6) is 0 Å². The minimum Gasteiger partial charge on any atom is -0.371 e. The molecule has 98 valence electrons. The minimum absolute atomic E-state index is 0.00364. The summed E-state index contributed by atoms with van der Waals surface area (Å²) in [6, 6.07) is 5.36. The van der Waals surface area contributed by atoms with Gasteiger partial charge in [0.15, 0.2) is 12.1 Å². The van der Waals surface area contributed by atoms with Gasteiger partial charge in [0.1, 0.15) is 0 Å². The molecule has 0 N–H and O–H groups in total. The average Bonchev–Trinajstić information content (AvgIpc) is 2.94. The fourth-order valence-corrected chi connectivity index (χ4v) is 2.11. The van der Waals surface area contributed by atoms with E-state index in [9.17, 15) is 9.59 Å². The zero-order chi connectivity index (χ0) is 13.5. The number of nitrogens with zero attached hydrogens (tertiary/aromatic N) is 1. The molecule has 0 spiro atoms. The van der Waals surface area contributed by atoms with Gasteiger partial charge in [-0.2, -0.15) is 0 Å². The summed E-state index contributed by atoms with van der Waals surface area (Å²) in [7, 11) is 0. The average molecular weight is 247 g/mol. The third-order valence-corrected chi connectivity index (χ3v) is 3.01. The van der Waals surface area contributed by atoms with Crippen molar-refractivity contribution in [3.05, 3.63) is 29.3 Å². The van der Waals surface area contributed by atoms with Crippen LogP contribution in [-0.4, -0.2) is 25.2 Å². The van der Waals surface area contributed by atoms with Gasteiger partial charge in [0, 0.05) is 29.9 Å². The molecule has 1 aliphatic heterocycles. The Morgan fingerprint density at radius 1 is 1.22 bits per heavy atom. The Bertz CT molecular complexity index is 421. The zero-order valence-corrected chi connectivity index (χ0v) is 11.4. The maximum absolute atomic E-state index is 11.2. The van der Waals surface area contributed by atoms with Crippen LogP contribution < -0.4 is 4.90 Å². The number of hydrogen-bond acceptors (Lipinski definition) is 3. The van der Waals surface area contributed by atoms with Crippen molar-refractivity contribution >= 4 is 17.8 Å². The van der Waals surface area contributed by atoms with E-state index < -0.39 is 0 Å². The Labute approximate surface area is 109 Å². The molecule has 3 nitrogen and oxygen atoms in total. The summed E-state index contributed by atoms with van der Waals surface area (Å²) in [5.74, 6) is -0.00364. The number of carbonyl (C=O) groups is 2. The van der Waals surface area contributed by atoms with E-state index >= 15 is 0 Å². The SMILES string of the molecule is CC.CC(=O)c1ccc(N2CCCC2)c(C=O)c1. The molecule has 2 rings (SSSR count). The van der Waals surface area contributed by atoms with Crippen molar-refractivity contribution < 1.29 is 9.59 Å². The highest BCUT2D eigenvalue weighted by Crippen LogP contribution is 2.24. The van der Waals surface area contributed by atoms with Gasteiger partial charge in [-0.25, -0.2) is 0 Å². The third kappa shape index (κ3) is 3.19. The molecule has 0 bridgehead atoms. The fraction of sp³-hybridized carbons (Fsp3) is 0.467. The van der Waals surface area contributed by atoms with Gasteiger partial charge in [0.25, 0.3) is 0 Å². The molecule has 0 atom stereocenters. The molecule has 0 radical (unpaired) electrons. The van der Waals surface area contributed by atoms with Crippen LogP contribution >= 0.6 is 0 Å². The van der Waals surface area contributed by atoms with Gasteiger partial charge in [0.2, 0.25) is 0 Å². The standard InChI is InChI=1S/C13H15NO2.C2H6/c1-10(16)11-4-5-13(12(8-11)9-15)14-6-2-3-7-14;1-2/h4-5,8-9H,2-3,6-7H2,1H3;1-2H3. The van der Waals surface area contributed by atoms with E-state index in [0.29, 0.717) is 11.1 Å². The molecule has 3 heteroatoms. The Kier molecular flexibility index (Phi) is 5.56. The predicted octanol–water partition coefficient (Wildman–Crippen LogP) is 3.33. The molecule has 1 aromatic rings. The van der Waals surface area contributed by atoms with Crippen molar-refractivity contribution in [1.29, 1.82) is 0 Å².